The number of Topliss-reactive ketones (excluding diaryl/α,β-unsaturated/α-hetero) is 1. The smallest absolute Gasteiger partial charge is 0.161 e. The van der Waals surface area contributed by atoms with Gasteiger partial charge in [-0.2, -0.15) is 0 Å². The molecule has 0 radical (unpaired) electrons. The molecule has 3 heteroatoms. The van der Waals surface area contributed by atoms with Gasteiger partial charge in [-0.15, -0.1) is 11.3 Å². The molecular weight excluding hydrogens is 228 g/mol. The molecule has 76 valence electrons. The van der Waals surface area contributed by atoms with Gasteiger partial charge in [-0.25, -0.2) is 0 Å². The molecule has 0 aliphatic rings. The van der Waals surface area contributed by atoms with Crippen LogP contribution in [0.25, 0.3) is 10.4 Å². The maximum Gasteiger partial charge on any atom is 0.161 e. The van der Waals surface area contributed by atoms with Gasteiger partial charge in [0, 0.05) is 10.4 Å². The lowest BCUT2D eigenvalue weighted by atomic mass is 10.1. The molecule has 0 spiro atoms. The van der Waals surface area contributed by atoms with Crippen LogP contribution < -0.4 is 0 Å². The zero-order valence-electron chi connectivity index (χ0n) is 8.16. The largest absolute Gasteiger partial charge is 0.294 e. The van der Waals surface area contributed by atoms with E-state index in [4.69, 9.17) is 11.6 Å². The van der Waals surface area contributed by atoms with Gasteiger partial charge in [-0.05, 0) is 36.1 Å². The first-order valence-corrected chi connectivity index (χ1v) is 5.78. The predicted octanol–water partition coefficient (Wildman–Crippen LogP) is 4.27. The monoisotopic (exact) mass is 236 g/mol. The van der Waals surface area contributed by atoms with Gasteiger partial charge in [0.15, 0.2) is 5.78 Å². The van der Waals surface area contributed by atoms with Crippen molar-refractivity contribution in [2.24, 2.45) is 0 Å². The van der Waals surface area contributed by atoms with Gasteiger partial charge in [-0.1, -0.05) is 23.7 Å². The SMILES string of the molecule is CC(=O)c1ccc(-c2cccs2)cc1Cl. The van der Waals surface area contributed by atoms with Gasteiger partial charge in [0.1, 0.15) is 0 Å². The molecule has 0 N–H and O–H groups in total. The van der Waals surface area contributed by atoms with Crippen molar-refractivity contribution in [2.75, 3.05) is 0 Å². The van der Waals surface area contributed by atoms with E-state index in [1.807, 2.05) is 29.6 Å². The Labute approximate surface area is 97.3 Å². The first-order valence-electron chi connectivity index (χ1n) is 4.53. The Morgan fingerprint density at radius 3 is 2.67 bits per heavy atom. The summed E-state index contributed by atoms with van der Waals surface area (Å²) in [7, 11) is 0. The first kappa shape index (κ1) is 10.4. The molecule has 0 atom stereocenters. The molecule has 2 rings (SSSR count). The van der Waals surface area contributed by atoms with Gasteiger partial charge >= 0.3 is 0 Å². The molecule has 0 bridgehead atoms. The highest BCUT2D eigenvalue weighted by atomic mass is 35.5. The lowest BCUT2D eigenvalue weighted by molar-refractivity contribution is 0.101. The number of hydrogen-bond donors (Lipinski definition) is 0. The van der Waals surface area contributed by atoms with Crippen LogP contribution in [0.4, 0.5) is 0 Å². The lowest BCUT2D eigenvalue weighted by Crippen LogP contribution is -1.92. The minimum Gasteiger partial charge on any atom is -0.294 e. The van der Waals surface area contributed by atoms with Crippen LogP contribution in [0.3, 0.4) is 0 Å². The number of halogens is 1. The Morgan fingerprint density at radius 2 is 2.13 bits per heavy atom. The number of benzene rings is 1. The van der Waals surface area contributed by atoms with Crippen molar-refractivity contribution in [3.63, 3.8) is 0 Å². The zero-order chi connectivity index (χ0) is 10.8. The second-order valence-corrected chi connectivity index (χ2v) is 4.58. The molecule has 0 saturated carbocycles. The summed E-state index contributed by atoms with van der Waals surface area (Å²) in [6, 6.07) is 9.56. The minimum atomic E-state index is -0.00210. The van der Waals surface area contributed by atoms with Crippen molar-refractivity contribution >= 4 is 28.7 Å². The predicted molar refractivity (Wildman–Crippen MR) is 64.8 cm³/mol. The van der Waals surface area contributed by atoms with E-state index in [-0.39, 0.29) is 5.78 Å². The Balaban J connectivity index is 2.47. The van der Waals surface area contributed by atoms with E-state index in [0.29, 0.717) is 10.6 Å². The molecule has 1 aromatic heterocycles. The quantitative estimate of drug-likeness (QED) is 0.712. The van der Waals surface area contributed by atoms with Gasteiger partial charge in [0.25, 0.3) is 0 Å². The molecule has 0 unspecified atom stereocenters. The van der Waals surface area contributed by atoms with Crippen molar-refractivity contribution in [1.29, 1.82) is 0 Å². The van der Waals surface area contributed by atoms with Crippen LogP contribution in [-0.4, -0.2) is 5.78 Å². The van der Waals surface area contributed by atoms with Gasteiger partial charge < -0.3 is 0 Å². The van der Waals surface area contributed by atoms with Crippen molar-refractivity contribution in [3.05, 3.63) is 46.3 Å². The van der Waals surface area contributed by atoms with E-state index in [2.05, 4.69) is 0 Å². The highest BCUT2D eigenvalue weighted by molar-refractivity contribution is 7.13. The van der Waals surface area contributed by atoms with E-state index >= 15 is 0 Å². The van der Waals surface area contributed by atoms with Crippen LogP contribution in [-0.2, 0) is 0 Å². The molecule has 1 aromatic carbocycles. The summed E-state index contributed by atoms with van der Waals surface area (Å²) >= 11 is 7.68. The molecule has 2 aromatic rings. The number of hydrogen-bond acceptors (Lipinski definition) is 2. The normalized spacial score (nSPS) is 10.3. The minimum absolute atomic E-state index is 0.00210. The fourth-order valence-corrected chi connectivity index (χ4v) is 2.43. The summed E-state index contributed by atoms with van der Waals surface area (Å²) in [5.74, 6) is -0.00210. The average molecular weight is 237 g/mol. The Hall–Kier alpha value is -1.12. The van der Waals surface area contributed by atoms with Crippen LogP contribution >= 0.6 is 22.9 Å². The summed E-state index contributed by atoms with van der Waals surface area (Å²) in [6.07, 6.45) is 0. The van der Waals surface area contributed by atoms with Crippen molar-refractivity contribution in [2.45, 2.75) is 6.92 Å². The molecule has 1 nitrogen and oxygen atoms in total. The van der Waals surface area contributed by atoms with E-state index in [9.17, 15) is 4.79 Å². The van der Waals surface area contributed by atoms with E-state index < -0.39 is 0 Å². The van der Waals surface area contributed by atoms with E-state index in [0.717, 1.165) is 10.4 Å². The van der Waals surface area contributed by atoms with Crippen molar-refractivity contribution in [3.8, 4) is 10.4 Å². The zero-order valence-corrected chi connectivity index (χ0v) is 9.73. The summed E-state index contributed by atoms with van der Waals surface area (Å²) in [5, 5.41) is 2.54. The van der Waals surface area contributed by atoms with Crippen LogP contribution in [0.2, 0.25) is 5.02 Å². The molecule has 0 fully saturated rings. The van der Waals surface area contributed by atoms with Gasteiger partial charge in [-0.3, -0.25) is 4.79 Å². The fourth-order valence-electron chi connectivity index (χ4n) is 1.40. The van der Waals surface area contributed by atoms with E-state index in [1.54, 1.807) is 17.4 Å². The number of carbonyl (C=O) groups excluding carboxylic acids is 1. The number of carbonyl (C=O) groups is 1. The Morgan fingerprint density at radius 1 is 1.33 bits per heavy atom. The van der Waals surface area contributed by atoms with Gasteiger partial charge in [0.2, 0.25) is 0 Å². The second-order valence-electron chi connectivity index (χ2n) is 3.23. The highest BCUT2D eigenvalue weighted by Gasteiger charge is 2.07. The molecule has 0 amide bonds. The highest BCUT2D eigenvalue weighted by Crippen LogP contribution is 2.28. The lowest BCUT2D eigenvalue weighted by Gasteiger charge is -2.02. The average Bonchev–Trinajstić information content (AvgIpc) is 2.69. The van der Waals surface area contributed by atoms with Gasteiger partial charge in [0.05, 0.1) is 5.02 Å². The number of rotatable bonds is 2. The van der Waals surface area contributed by atoms with Crippen molar-refractivity contribution < 1.29 is 4.79 Å². The molecule has 0 aliphatic carbocycles. The fraction of sp³-hybridized carbons (Fsp3) is 0.0833. The third-order valence-corrected chi connectivity index (χ3v) is 3.39. The van der Waals surface area contributed by atoms with Crippen LogP contribution in [0.5, 0.6) is 0 Å². The third-order valence-electron chi connectivity index (χ3n) is 2.15. The Bertz CT molecular complexity index is 488. The molecule has 15 heavy (non-hydrogen) atoms. The van der Waals surface area contributed by atoms with Crippen LogP contribution in [0.15, 0.2) is 35.7 Å². The molecule has 1 heterocycles. The Kier molecular flexibility index (Phi) is 2.89. The topological polar surface area (TPSA) is 17.1 Å². The summed E-state index contributed by atoms with van der Waals surface area (Å²) < 4.78 is 0. The van der Waals surface area contributed by atoms with Crippen LogP contribution in [0.1, 0.15) is 17.3 Å². The van der Waals surface area contributed by atoms with E-state index in [1.165, 1.54) is 6.92 Å². The maximum absolute atomic E-state index is 11.2. The summed E-state index contributed by atoms with van der Waals surface area (Å²) in [5.41, 5.74) is 1.64. The standard InChI is InChI=1S/C12H9ClOS/c1-8(14)10-5-4-9(7-11(10)13)12-3-2-6-15-12/h2-7H,1H3. The number of thiophene rings is 1. The first-order chi connectivity index (χ1) is 7.18. The summed E-state index contributed by atoms with van der Waals surface area (Å²) in [4.78, 5) is 12.3. The van der Waals surface area contributed by atoms with Crippen LogP contribution in [0, 0.1) is 0 Å². The number of ketones is 1. The maximum atomic E-state index is 11.2. The summed E-state index contributed by atoms with van der Waals surface area (Å²) in [6.45, 7) is 1.52. The molecule has 0 saturated heterocycles. The molecule has 0 aliphatic heterocycles. The molecular formula is C12H9ClOS. The third kappa shape index (κ3) is 2.11. The second kappa shape index (κ2) is 4.17. The van der Waals surface area contributed by atoms with Crippen molar-refractivity contribution in [1.82, 2.24) is 0 Å².